The van der Waals surface area contributed by atoms with Crippen LogP contribution in [0.4, 0.5) is 0 Å². The zero-order valence-electron chi connectivity index (χ0n) is 7.60. The molecule has 1 aromatic heterocycles. The highest BCUT2D eigenvalue weighted by Crippen LogP contribution is 1.89. The Hall–Kier alpha value is -1.49. The second-order valence-electron chi connectivity index (χ2n) is 2.94. The Balaban J connectivity index is 2.64. The molecule has 0 aromatic carbocycles. The lowest BCUT2D eigenvalue weighted by Crippen LogP contribution is -2.30. The summed E-state index contributed by atoms with van der Waals surface area (Å²) >= 11 is 0. The number of Topliss-reactive ketones (excluding diaryl/α,β-unsaturated/α-hetero) is 1. The molecule has 0 saturated heterocycles. The van der Waals surface area contributed by atoms with Gasteiger partial charge in [0, 0.05) is 12.4 Å². The van der Waals surface area contributed by atoms with Crippen molar-refractivity contribution in [2.75, 3.05) is 20.6 Å². The lowest BCUT2D eigenvalue weighted by atomic mass is 10.3. The van der Waals surface area contributed by atoms with Crippen LogP contribution in [0.5, 0.6) is 0 Å². The molecule has 1 heterocycles. The Bertz CT molecular complexity index is 303. The van der Waals surface area contributed by atoms with Gasteiger partial charge in [0.1, 0.15) is 6.33 Å². The molecule has 0 radical (unpaired) electrons. The summed E-state index contributed by atoms with van der Waals surface area (Å²) in [6.07, 6.45) is 4.23. The van der Waals surface area contributed by atoms with Gasteiger partial charge in [0.25, 0.3) is 0 Å². The molecule has 0 aliphatic rings. The van der Waals surface area contributed by atoms with E-state index < -0.39 is 11.7 Å². The molecular weight excluding hydrogens is 170 g/mol. The van der Waals surface area contributed by atoms with Crippen LogP contribution in [0.15, 0.2) is 18.7 Å². The highest BCUT2D eigenvalue weighted by molar-refractivity contribution is 6.37. The molecule has 0 aliphatic carbocycles. The molecule has 5 nitrogen and oxygen atoms in total. The van der Waals surface area contributed by atoms with Crippen molar-refractivity contribution in [1.29, 1.82) is 0 Å². The smallest absolute Gasteiger partial charge is 0.300 e. The van der Waals surface area contributed by atoms with Crippen LogP contribution in [0.1, 0.15) is 4.79 Å². The van der Waals surface area contributed by atoms with Gasteiger partial charge in [-0.1, -0.05) is 0 Å². The van der Waals surface area contributed by atoms with Crippen LogP contribution < -0.4 is 0 Å². The van der Waals surface area contributed by atoms with Crippen molar-refractivity contribution in [3.05, 3.63) is 18.7 Å². The van der Waals surface area contributed by atoms with E-state index in [-0.39, 0.29) is 6.54 Å². The largest absolute Gasteiger partial charge is 0.302 e. The van der Waals surface area contributed by atoms with E-state index in [4.69, 9.17) is 0 Å². The quantitative estimate of drug-likeness (QED) is 0.598. The highest BCUT2D eigenvalue weighted by atomic mass is 16.2. The first kappa shape index (κ1) is 9.60. The summed E-state index contributed by atoms with van der Waals surface area (Å²) in [6.45, 7) is 0.122. The number of nitrogens with zero attached hydrogens (tertiary/aromatic N) is 3. The maximum atomic E-state index is 11.3. The zero-order chi connectivity index (χ0) is 9.84. The average molecular weight is 181 g/mol. The third-order valence-electron chi connectivity index (χ3n) is 1.44. The number of hydrogen-bond acceptors (Lipinski definition) is 4. The molecule has 0 amide bonds. The van der Waals surface area contributed by atoms with E-state index in [1.807, 2.05) is 0 Å². The Labute approximate surface area is 76.0 Å². The topological polar surface area (TPSA) is 55.2 Å². The van der Waals surface area contributed by atoms with Gasteiger partial charge in [0.2, 0.25) is 5.78 Å². The summed E-state index contributed by atoms with van der Waals surface area (Å²) in [4.78, 5) is 27.8. The maximum absolute atomic E-state index is 11.3. The molecule has 0 N–H and O–H groups in total. The molecule has 1 rings (SSSR count). The monoisotopic (exact) mass is 181 g/mol. The van der Waals surface area contributed by atoms with Gasteiger partial charge in [-0.25, -0.2) is 4.98 Å². The number of hydrogen-bond donors (Lipinski definition) is 0. The van der Waals surface area contributed by atoms with Gasteiger partial charge >= 0.3 is 5.91 Å². The van der Waals surface area contributed by atoms with Crippen LogP contribution in [0.3, 0.4) is 0 Å². The van der Waals surface area contributed by atoms with Gasteiger partial charge in [-0.3, -0.25) is 14.2 Å². The van der Waals surface area contributed by atoms with Crippen molar-refractivity contribution in [3.63, 3.8) is 0 Å². The minimum atomic E-state index is -0.550. The molecule has 0 bridgehead atoms. The van der Waals surface area contributed by atoms with Crippen LogP contribution in [0, 0.1) is 0 Å². The van der Waals surface area contributed by atoms with E-state index in [9.17, 15) is 9.59 Å². The fourth-order valence-electron chi connectivity index (χ4n) is 0.878. The number of carbonyl (C=O) groups excluding carboxylic acids is 2. The lowest BCUT2D eigenvalue weighted by molar-refractivity contribution is -0.116. The molecule has 0 fully saturated rings. The molecule has 0 saturated carbocycles. The minimum absolute atomic E-state index is 0.122. The van der Waals surface area contributed by atoms with Crippen LogP contribution in [-0.4, -0.2) is 46.8 Å². The van der Waals surface area contributed by atoms with Crippen LogP contribution in [0.2, 0.25) is 0 Å². The second kappa shape index (κ2) is 3.95. The summed E-state index contributed by atoms with van der Waals surface area (Å²) in [6, 6.07) is 0. The Morgan fingerprint density at radius 3 is 2.62 bits per heavy atom. The van der Waals surface area contributed by atoms with Crippen molar-refractivity contribution in [2.45, 2.75) is 0 Å². The lowest BCUT2D eigenvalue weighted by Gasteiger charge is -2.06. The van der Waals surface area contributed by atoms with Gasteiger partial charge < -0.3 is 4.90 Å². The summed E-state index contributed by atoms with van der Waals surface area (Å²) in [5.41, 5.74) is 0. The van der Waals surface area contributed by atoms with Gasteiger partial charge in [-0.2, -0.15) is 0 Å². The first-order valence-corrected chi connectivity index (χ1v) is 3.81. The van der Waals surface area contributed by atoms with Crippen LogP contribution in [-0.2, 0) is 4.79 Å². The van der Waals surface area contributed by atoms with Gasteiger partial charge in [-0.05, 0) is 14.1 Å². The molecule has 0 aliphatic heterocycles. The molecule has 13 heavy (non-hydrogen) atoms. The van der Waals surface area contributed by atoms with E-state index in [0.29, 0.717) is 0 Å². The average Bonchev–Trinajstić information content (AvgIpc) is 2.53. The third kappa shape index (κ3) is 2.48. The molecule has 70 valence electrons. The summed E-state index contributed by atoms with van der Waals surface area (Å²) in [7, 11) is 3.47. The van der Waals surface area contributed by atoms with Crippen molar-refractivity contribution in [2.24, 2.45) is 0 Å². The second-order valence-corrected chi connectivity index (χ2v) is 2.94. The summed E-state index contributed by atoms with van der Waals surface area (Å²) < 4.78 is 1.17. The van der Waals surface area contributed by atoms with E-state index >= 15 is 0 Å². The number of carbonyl (C=O) groups is 2. The molecule has 0 atom stereocenters. The van der Waals surface area contributed by atoms with Crippen LogP contribution in [0.25, 0.3) is 0 Å². The standard InChI is InChI=1S/C8H11N3O2/c1-10(2)5-7(12)8(13)11-4-3-9-6-11/h3-4,6H,5H2,1-2H3. The number of likely N-dealkylation sites (N-methyl/N-ethyl adjacent to an activating group) is 1. The fraction of sp³-hybridized carbons (Fsp3) is 0.375. The minimum Gasteiger partial charge on any atom is -0.302 e. The van der Waals surface area contributed by atoms with E-state index in [1.54, 1.807) is 19.0 Å². The SMILES string of the molecule is CN(C)CC(=O)C(=O)n1ccnc1. The summed E-state index contributed by atoms with van der Waals surface area (Å²) in [5.74, 6) is -0.991. The van der Waals surface area contributed by atoms with Crippen molar-refractivity contribution in [1.82, 2.24) is 14.5 Å². The molecule has 5 heteroatoms. The number of aromatic nitrogens is 2. The fourth-order valence-corrected chi connectivity index (χ4v) is 0.878. The molecule has 1 aromatic rings. The molecule has 0 unspecified atom stereocenters. The van der Waals surface area contributed by atoms with E-state index in [0.717, 1.165) is 0 Å². The normalized spacial score (nSPS) is 10.4. The summed E-state index contributed by atoms with van der Waals surface area (Å²) in [5, 5.41) is 0. The number of rotatable bonds is 3. The third-order valence-corrected chi connectivity index (χ3v) is 1.44. The Kier molecular flexibility index (Phi) is 2.92. The number of ketones is 1. The zero-order valence-corrected chi connectivity index (χ0v) is 7.60. The Morgan fingerprint density at radius 2 is 2.15 bits per heavy atom. The molecule has 0 spiro atoms. The predicted molar refractivity (Wildman–Crippen MR) is 46.4 cm³/mol. The first-order valence-electron chi connectivity index (χ1n) is 3.81. The van der Waals surface area contributed by atoms with Gasteiger partial charge in [0.15, 0.2) is 0 Å². The number of imidazole rings is 1. The first-order chi connectivity index (χ1) is 6.11. The van der Waals surface area contributed by atoms with Crippen molar-refractivity contribution >= 4 is 11.7 Å². The van der Waals surface area contributed by atoms with Gasteiger partial charge in [0.05, 0.1) is 6.54 Å². The predicted octanol–water partition coefficient (Wildman–Crippen LogP) is -0.346. The van der Waals surface area contributed by atoms with E-state index in [2.05, 4.69) is 4.98 Å². The van der Waals surface area contributed by atoms with Crippen LogP contribution >= 0.6 is 0 Å². The highest BCUT2D eigenvalue weighted by Gasteiger charge is 2.15. The maximum Gasteiger partial charge on any atom is 0.300 e. The Morgan fingerprint density at radius 1 is 1.46 bits per heavy atom. The van der Waals surface area contributed by atoms with Gasteiger partial charge in [-0.15, -0.1) is 0 Å². The van der Waals surface area contributed by atoms with Crippen molar-refractivity contribution < 1.29 is 9.59 Å². The van der Waals surface area contributed by atoms with Crippen molar-refractivity contribution in [3.8, 4) is 0 Å². The molecular formula is C8H11N3O2. The van der Waals surface area contributed by atoms with E-state index in [1.165, 1.54) is 23.3 Å².